The molecule has 7 heteroatoms. The van der Waals surface area contributed by atoms with Gasteiger partial charge in [0.05, 0.1) is 11.6 Å². The van der Waals surface area contributed by atoms with Crippen LogP contribution < -0.4 is 17.0 Å². The lowest BCUT2D eigenvalue weighted by molar-refractivity contribution is 0.525. The lowest BCUT2D eigenvalue weighted by atomic mass is 10.2. The van der Waals surface area contributed by atoms with Crippen LogP contribution in [0.1, 0.15) is 5.76 Å². The van der Waals surface area contributed by atoms with Gasteiger partial charge in [0.1, 0.15) is 11.1 Å². The highest BCUT2D eigenvalue weighted by Gasteiger charge is 2.15. The molecule has 0 spiro atoms. The van der Waals surface area contributed by atoms with Crippen LogP contribution >= 0.6 is 11.6 Å². The Bertz CT molecular complexity index is 874. The summed E-state index contributed by atoms with van der Waals surface area (Å²) in [4.78, 5) is 25.0. The number of nitrogens with two attached hydrogens (primary N) is 1. The predicted octanol–water partition coefficient (Wildman–Crippen LogP) is 1.34. The normalized spacial score (nSPS) is 11.4. The van der Waals surface area contributed by atoms with E-state index >= 15 is 0 Å². The van der Waals surface area contributed by atoms with E-state index in [0.717, 1.165) is 0 Å². The van der Waals surface area contributed by atoms with E-state index in [1.807, 2.05) is 4.98 Å². The molecule has 0 amide bonds. The maximum atomic E-state index is 11.8. The van der Waals surface area contributed by atoms with Crippen LogP contribution in [0.15, 0.2) is 30.6 Å². The zero-order chi connectivity index (χ0) is 12.9. The highest BCUT2D eigenvalue weighted by molar-refractivity contribution is 6.36. The minimum Gasteiger partial charge on any atom is -0.459 e. The molecule has 3 N–H and O–H groups in total. The first-order valence-corrected chi connectivity index (χ1v) is 5.46. The zero-order valence-electron chi connectivity index (χ0n) is 8.95. The first kappa shape index (κ1) is 11.1. The maximum absolute atomic E-state index is 11.8. The van der Waals surface area contributed by atoms with Gasteiger partial charge in [-0.3, -0.25) is 9.78 Å². The Morgan fingerprint density at radius 3 is 2.72 bits per heavy atom. The lowest BCUT2D eigenvalue weighted by Crippen LogP contribution is -2.18. The van der Waals surface area contributed by atoms with Crippen molar-refractivity contribution in [2.24, 2.45) is 5.73 Å². The van der Waals surface area contributed by atoms with Gasteiger partial charge in [-0.25, -0.2) is 4.79 Å². The van der Waals surface area contributed by atoms with E-state index < -0.39 is 11.3 Å². The second-order valence-electron chi connectivity index (χ2n) is 3.74. The van der Waals surface area contributed by atoms with Crippen LogP contribution in [0.4, 0.5) is 0 Å². The number of H-pyrrole nitrogens is 1. The third-order valence-electron chi connectivity index (χ3n) is 2.60. The number of fused-ring (bicyclic) bond motifs is 3. The number of furan rings is 1. The molecule has 0 aliphatic rings. The molecule has 3 aromatic rings. The summed E-state index contributed by atoms with van der Waals surface area (Å²) in [6.45, 7) is 0.197. The number of nitrogens with one attached hydrogen (secondary N) is 1. The standard InChI is InChI=1S/C11H7ClN2O4/c12-6-2-4-1-5(3-13)17-8(4)7-9(6)18-11(16)14-10(7)15/h1-2H,3,13H2,(H,14,15,16). The van der Waals surface area contributed by atoms with E-state index in [2.05, 4.69) is 0 Å². The van der Waals surface area contributed by atoms with Gasteiger partial charge in [0, 0.05) is 5.39 Å². The Balaban J connectivity index is 2.64. The van der Waals surface area contributed by atoms with Crippen molar-refractivity contribution in [3.05, 3.63) is 43.8 Å². The molecule has 2 aromatic heterocycles. The van der Waals surface area contributed by atoms with E-state index in [1.165, 1.54) is 0 Å². The van der Waals surface area contributed by atoms with Crippen molar-refractivity contribution in [1.82, 2.24) is 4.98 Å². The van der Waals surface area contributed by atoms with Gasteiger partial charge in [-0.15, -0.1) is 0 Å². The van der Waals surface area contributed by atoms with Crippen LogP contribution in [-0.4, -0.2) is 4.98 Å². The highest BCUT2D eigenvalue weighted by atomic mass is 35.5. The fourth-order valence-corrected chi connectivity index (χ4v) is 2.12. The topological polar surface area (TPSA) is 102 Å². The molecule has 0 saturated carbocycles. The van der Waals surface area contributed by atoms with Crippen LogP contribution in [0.25, 0.3) is 21.9 Å². The predicted molar refractivity (Wildman–Crippen MR) is 65.8 cm³/mol. The molecule has 0 unspecified atom stereocenters. The fourth-order valence-electron chi connectivity index (χ4n) is 1.87. The molecule has 0 aliphatic carbocycles. The maximum Gasteiger partial charge on any atom is 0.419 e. The first-order chi connectivity index (χ1) is 8.60. The van der Waals surface area contributed by atoms with Crippen LogP contribution in [0.3, 0.4) is 0 Å². The molecule has 0 saturated heterocycles. The second-order valence-corrected chi connectivity index (χ2v) is 4.15. The summed E-state index contributed by atoms with van der Waals surface area (Å²) < 4.78 is 10.3. The van der Waals surface area contributed by atoms with Crippen molar-refractivity contribution in [1.29, 1.82) is 0 Å². The Hall–Kier alpha value is -2.05. The molecule has 0 atom stereocenters. The Morgan fingerprint density at radius 1 is 1.22 bits per heavy atom. The fraction of sp³-hybridized carbons (Fsp3) is 0.0909. The molecule has 0 fully saturated rings. The summed E-state index contributed by atoms with van der Waals surface area (Å²) in [5, 5.41) is 0.911. The summed E-state index contributed by atoms with van der Waals surface area (Å²) in [5.41, 5.74) is 5.18. The van der Waals surface area contributed by atoms with Gasteiger partial charge in [0.15, 0.2) is 11.2 Å². The minimum absolute atomic E-state index is 0.0100. The van der Waals surface area contributed by atoms with Gasteiger partial charge in [-0.1, -0.05) is 11.6 Å². The molecule has 0 aliphatic heterocycles. The molecule has 1 aromatic carbocycles. The van der Waals surface area contributed by atoms with Crippen LogP contribution in [0, 0.1) is 0 Å². The smallest absolute Gasteiger partial charge is 0.419 e. The molecule has 0 bridgehead atoms. The Labute approximate surface area is 104 Å². The van der Waals surface area contributed by atoms with E-state index in [-0.39, 0.29) is 22.5 Å². The van der Waals surface area contributed by atoms with Crippen molar-refractivity contribution in [3.63, 3.8) is 0 Å². The van der Waals surface area contributed by atoms with E-state index in [4.69, 9.17) is 26.2 Å². The summed E-state index contributed by atoms with van der Waals surface area (Å²) in [5.74, 6) is -0.349. The number of rotatable bonds is 1. The van der Waals surface area contributed by atoms with E-state index in [1.54, 1.807) is 12.1 Å². The van der Waals surface area contributed by atoms with Crippen LogP contribution in [0.5, 0.6) is 0 Å². The van der Waals surface area contributed by atoms with Crippen molar-refractivity contribution < 1.29 is 8.83 Å². The molecule has 92 valence electrons. The highest BCUT2D eigenvalue weighted by Crippen LogP contribution is 2.30. The summed E-state index contributed by atoms with van der Waals surface area (Å²) in [7, 11) is 0. The average Bonchev–Trinajstić information content (AvgIpc) is 2.71. The van der Waals surface area contributed by atoms with Crippen molar-refractivity contribution >= 4 is 33.5 Å². The first-order valence-electron chi connectivity index (χ1n) is 5.08. The molecule has 3 rings (SSSR count). The van der Waals surface area contributed by atoms with Crippen molar-refractivity contribution in [3.8, 4) is 0 Å². The van der Waals surface area contributed by atoms with Gasteiger partial charge in [-0.05, 0) is 12.1 Å². The SMILES string of the molecule is NCc1cc2cc(Cl)c3oc(=O)[nH]c(=O)c3c2o1. The average molecular weight is 267 g/mol. The largest absolute Gasteiger partial charge is 0.459 e. The number of halogens is 1. The molecular formula is C11H7ClN2O4. The second kappa shape index (κ2) is 3.72. The molecule has 0 radical (unpaired) electrons. The monoisotopic (exact) mass is 266 g/mol. The Morgan fingerprint density at radius 2 is 2.00 bits per heavy atom. The number of aromatic amines is 1. The van der Waals surface area contributed by atoms with E-state index in [9.17, 15) is 9.59 Å². The quantitative estimate of drug-likeness (QED) is 0.692. The Kier molecular flexibility index (Phi) is 2.29. The molecule has 2 heterocycles. The number of aromatic nitrogens is 1. The van der Waals surface area contributed by atoms with E-state index in [0.29, 0.717) is 16.7 Å². The lowest BCUT2D eigenvalue weighted by Gasteiger charge is -1.98. The number of hydrogen-bond donors (Lipinski definition) is 2. The van der Waals surface area contributed by atoms with Crippen molar-refractivity contribution in [2.45, 2.75) is 6.54 Å². The third-order valence-corrected chi connectivity index (χ3v) is 2.88. The summed E-state index contributed by atoms with van der Waals surface area (Å²) in [6.07, 6.45) is 0. The molecule has 6 nitrogen and oxygen atoms in total. The van der Waals surface area contributed by atoms with Gasteiger partial charge < -0.3 is 14.6 Å². The van der Waals surface area contributed by atoms with Crippen molar-refractivity contribution in [2.75, 3.05) is 0 Å². The van der Waals surface area contributed by atoms with Gasteiger partial charge in [0.2, 0.25) is 0 Å². The van der Waals surface area contributed by atoms with Gasteiger partial charge in [0.25, 0.3) is 5.56 Å². The van der Waals surface area contributed by atoms with Crippen LogP contribution in [-0.2, 0) is 6.54 Å². The van der Waals surface area contributed by atoms with Gasteiger partial charge in [-0.2, -0.15) is 0 Å². The minimum atomic E-state index is -0.862. The molecule has 18 heavy (non-hydrogen) atoms. The van der Waals surface area contributed by atoms with Gasteiger partial charge >= 0.3 is 5.76 Å². The van der Waals surface area contributed by atoms with Crippen LogP contribution in [0.2, 0.25) is 5.02 Å². The summed E-state index contributed by atoms with van der Waals surface area (Å²) >= 11 is 5.97. The number of hydrogen-bond acceptors (Lipinski definition) is 5. The number of benzene rings is 1. The molecular weight excluding hydrogens is 260 g/mol. The zero-order valence-corrected chi connectivity index (χ0v) is 9.71. The summed E-state index contributed by atoms with van der Waals surface area (Å²) in [6, 6.07) is 3.25. The third kappa shape index (κ3) is 1.47.